The lowest BCUT2D eigenvalue weighted by Crippen LogP contribution is -2.39. The van der Waals surface area contributed by atoms with Crippen molar-refractivity contribution < 1.29 is 28.5 Å². The lowest BCUT2D eigenvalue weighted by molar-refractivity contribution is -0.139. The van der Waals surface area contributed by atoms with Crippen molar-refractivity contribution in [1.29, 1.82) is 0 Å². The van der Waals surface area contributed by atoms with Crippen LogP contribution in [0.2, 0.25) is 0 Å². The molecular formula is C28H25BrN2O7S. The molecule has 202 valence electrons. The Morgan fingerprint density at radius 3 is 2.82 bits per heavy atom. The van der Waals surface area contributed by atoms with Gasteiger partial charge < -0.3 is 23.7 Å². The molecule has 0 aliphatic carbocycles. The lowest BCUT2D eigenvalue weighted by Gasteiger charge is -2.24. The van der Waals surface area contributed by atoms with Crippen LogP contribution in [-0.4, -0.2) is 37.7 Å². The number of methoxy groups -OCH3 is 1. The molecule has 39 heavy (non-hydrogen) atoms. The van der Waals surface area contributed by atoms with Crippen molar-refractivity contribution in [3.63, 3.8) is 0 Å². The summed E-state index contributed by atoms with van der Waals surface area (Å²) in [5.41, 5.74) is 1.88. The third kappa shape index (κ3) is 4.99. The van der Waals surface area contributed by atoms with E-state index in [1.807, 2.05) is 12.1 Å². The minimum absolute atomic E-state index is 0.109. The molecule has 2 aliphatic rings. The lowest BCUT2D eigenvalue weighted by atomic mass is 9.95. The summed E-state index contributed by atoms with van der Waals surface area (Å²) in [7, 11) is 1.55. The number of benzene rings is 2. The predicted molar refractivity (Wildman–Crippen MR) is 149 cm³/mol. The van der Waals surface area contributed by atoms with E-state index >= 15 is 0 Å². The molecule has 2 aliphatic heterocycles. The second-order valence-corrected chi connectivity index (χ2v) is 10.4. The van der Waals surface area contributed by atoms with E-state index in [0.29, 0.717) is 60.2 Å². The average molecular weight is 613 g/mol. The first-order chi connectivity index (χ1) is 18.9. The van der Waals surface area contributed by atoms with E-state index in [1.165, 1.54) is 15.9 Å². The summed E-state index contributed by atoms with van der Waals surface area (Å²) in [4.78, 5) is 32.1. The highest BCUT2D eigenvalue weighted by Gasteiger charge is 2.34. The molecule has 0 fully saturated rings. The molecular weight excluding hydrogens is 588 g/mol. The molecule has 0 radical (unpaired) electrons. The first-order valence-corrected chi connectivity index (χ1v) is 13.7. The Morgan fingerprint density at radius 1 is 1.28 bits per heavy atom. The van der Waals surface area contributed by atoms with Crippen molar-refractivity contribution >= 4 is 39.3 Å². The maximum absolute atomic E-state index is 13.9. The number of fused-ring (bicyclic) bond motifs is 2. The highest BCUT2D eigenvalue weighted by atomic mass is 79.9. The zero-order chi connectivity index (χ0) is 27.7. The molecule has 1 aromatic heterocycles. The number of nitrogens with zero attached hydrogens (tertiary/aromatic N) is 2. The van der Waals surface area contributed by atoms with E-state index in [4.69, 9.17) is 23.7 Å². The summed E-state index contributed by atoms with van der Waals surface area (Å²) in [6.45, 7) is 7.77. The first kappa shape index (κ1) is 26.8. The smallest absolute Gasteiger partial charge is 0.338 e. The minimum atomic E-state index is -0.757. The fraction of sp³-hybridized carbons (Fsp3) is 0.250. The summed E-state index contributed by atoms with van der Waals surface area (Å²) in [6.07, 6.45) is 3.40. The molecule has 0 saturated heterocycles. The molecule has 11 heteroatoms. The van der Waals surface area contributed by atoms with E-state index in [-0.39, 0.29) is 19.0 Å². The number of allylic oxidation sites excluding steroid dienone is 1. The number of esters is 1. The van der Waals surface area contributed by atoms with Gasteiger partial charge in [-0.1, -0.05) is 30.1 Å². The Bertz CT molecular complexity index is 1690. The fourth-order valence-corrected chi connectivity index (χ4v) is 6.07. The van der Waals surface area contributed by atoms with Gasteiger partial charge in [-0.15, -0.1) is 0 Å². The molecule has 5 rings (SSSR count). The summed E-state index contributed by atoms with van der Waals surface area (Å²) in [6, 6.07) is 8.23. The van der Waals surface area contributed by atoms with E-state index in [1.54, 1.807) is 51.3 Å². The maximum atomic E-state index is 13.9. The topological polar surface area (TPSA) is 97.6 Å². The van der Waals surface area contributed by atoms with Crippen molar-refractivity contribution in [2.24, 2.45) is 4.99 Å². The molecule has 3 heterocycles. The van der Waals surface area contributed by atoms with Crippen LogP contribution in [0, 0.1) is 0 Å². The number of ether oxygens (including phenoxy) is 5. The zero-order valence-electron chi connectivity index (χ0n) is 21.5. The monoisotopic (exact) mass is 612 g/mol. The van der Waals surface area contributed by atoms with Gasteiger partial charge in [-0.25, -0.2) is 9.79 Å². The van der Waals surface area contributed by atoms with Gasteiger partial charge in [0.15, 0.2) is 27.8 Å². The van der Waals surface area contributed by atoms with Crippen LogP contribution in [-0.2, 0) is 9.53 Å². The van der Waals surface area contributed by atoms with Crippen LogP contribution in [0.3, 0.4) is 0 Å². The molecule has 0 saturated carbocycles. The van der Waals surface area contributed by atoms with Crippen molar-refractivity contribution in [2.75, 3.05) is 27.1 Å². The van der Waals surface area contributed by atoms with Crippen LogP contribution in [0.1, 0.15) is 31.0 Å². The van der Waals surface area contributed by atoms with Gasteiger partial charge in [-0.2, -0.15) is 0 Å². The highest BCUT2D eigenvalue weighted by Crippen LogP contribution is 2.39. The summed E-state index contributed by atoms with van der Waals surface area (Å²) < 4.78 is 30.2. The number of carbonyl (C=O) groups excluding carboxylic acids is 1. The Hall–Kier alpha value is -3.83. The molecule has 0 N–H and O–H groups in total. The van der Waals surface area contributed by atoms with Gasteiger partial charge in [0.2, 0.25) is 6.79 Å². The molecule has 2 aromatic carbocycles. The van der Waals surface area contributed by atoms with Crippen LogP contribution in [0.5, 0.6) is 23.0 Å². The molecule has 9 nitrogen and oxygen atoms in total. The number of carbonyl (C=O) groups is 1. The fourth-order valence-electron chi connectivity index (χ4n) is 4.45. The predicted octanol–water partition coefficient (Wildman–Crippen LogP) is 3.86. The normalized spacial score (nSPS) is 16.0. The summed E-state index contributed by atoms with van der Waals surface area (Å²) >= 11 is 4.77. The van der Waals surface area contributed by atoms with Gasteiger partial charge in [0.25, 0.3) is 5.56 Å². The average Bonchev–Trinajstić information content (AvgIpc) is 3.50. The summed E-state index contributed by atoms with van der Waals surface area (Å²) in [5, 5.41) is 0. The van der Waals surface area contributed by atoms with Gasteiger partial charge in [-0.3, -0.25) is 9.36 Å². The number of hydrogen-bond acceptors (Lipinski definition) is 9. The number of halogens is 1. The number of hydrogen-bond donors (Lipinski definition) is 0. The molecule has 3 aromatic rings. The number of rotatable bonds is 8. The van der Waals surface area contributed by atoms with Gasteiger partial charge in [0, 0.05) is 0 Å². The van der Waals surface area contributed by atoms with E-state index in [9.17, 15) is 9.59 Å². The van der Waals surface area contributed by atoms with Gasteiger partial charge in [0.1, 0.15) is 6.61 Å². The molecule has 0 spiro atoms. The van der Waals surface area contributed by atoms with Crippen LogP contribution < -0.4 is 33.8 Å². The van der Waals surface area contributed by atoms with Crippen LogP contribution in [0.4, 0.5) is 0 Å². The highest BCUT2D eigenvalue weighted by molar-refractivity contribution is 9.10. The van der Waals surface area contributed by atoms with E-state index in [0.717, 1.165) is 5.56 Å². The quantitative estimate of drug-likeness (QED) is 0.281. The van der Waals surface area contributed by atoms with Crippen LogP contribution in [0.15, 0.2) is 68.5 Å². The van der Waals surface area contributed by atoms with Crippen molar-refractivity contribution in [3.05, 3.63) is 89.5 Å². The molecule has 0 amide bonds. The number of thiazole rings is 1. The maximum Gasteiger partial charge on any atom is 0.338 e. The largest absolute Gasteiger partial charge is 0.493 e. The number of aromatic nitrogens is 1. The van der Waals surface area contributed by atoms with Crippen LogP contribution in [0.25, 0.3) is 6.08 Å². The molecule has 0 bridgehead atoms. The second kappa shape index (κ2) is 11.1. The Labute approximate surface area is 236 Å². The van der Waals surface area contributed by atoms with E-state index < -0.39 is 12.0 Å². The second-order valence-electron chi connectivity index (χ2n) is 8.55. The Morgan fingerprint density at radius 2 is 2.08 bits per heavy atom. The summed E-state index contributed by atoms with van der Waals surface area (Å²) in [5.74, 6) is 1.66. The first-order valence-electron chi connectivity index (χ1n) is 12.1. The van der Waals surface area contributed by atoms with E-state index in [2.05, 4.69) is 27.5 Å². The third-order valence-electron chi connectivity index (χ3n) is 6.12. The minimum Gasteiger partial charge on any atom is -0.493 e. The van der Waals surface area contributed by atoms with Gasteiger partial charge >= 0.3 is 5.97 Å². The molecule has 1 unspecified atom stereocenters. The van der Waals surface area contributed by atoms with Crippen molar-refractivity contribution in [1.82, 2.24) is 4.57 Å². The third-order valence-corrected chi connectivity index (χ3v) is 7.70. The SMILES string of the molecule is C=CCOc1c(Br)cc(/C=c2\sc3n(c2=O)C(c2ccc4c(c2)OCO4)C(C(=O)OCC)=C(C)N=3)cc1OC. The Kier molecular flexibility index (Phi) is 7.62. The van der Waals surface area contributed by atoms with Crippen molar-refractivity contribution in [2.45, 2.75) is 19.9 Å². The molecule has 1 atom stereocenters. The standard InChI is InChI=1S/C28H25BrN2O7S/c1-5-9-36-25-18(29)10-16(11-21(25)34-4)12-22-26(32)31-24(17-7-8-19-20(13-17)38-14-37-19)23(27(33)35-6-2)15(3)30-28(31)39-22/h5,7-8,10-13,24H,1,6,9,14H2,2-4H3/b22-12-. The van der Waals surface area contributed by atoms with Crippen LogP contribution >= 0.6 is 27.3 Å². The van der Waals surface area contributed by atoms with Gasteiger partial charge in [0.05, 0.1) is 40.0 Å². The zero-order valence-corrected chi connectivity index (χ0v) is 23.9. The van der Waals surface area contributed by atoms with Crippen molar-refractivity contribution in [3.8, 4) is 23.0 Å². The van der Waals surface area contributed by atoms with Gasteiger partial charge in [-0.05, 0) is 71.2 Å². The Balaban J connectivity index is 1.67.